The molecule has 0 spiro atoms. The SMILES string of the molecule is COc1cc(CO[C@H]2CCN(C(=O)OC(C)(C)C)[C@@H](C)C2)cc(C)n1. The number of aryl methyl sites for hydroxylation is 1. The molecule has 1 aromatic heterocycles. The molecule has 1 amide bonds. The van der Waals surface area contributed by atoms with Gasteiger partial charge in [0.2, 0.25) is 5.88 Å². The minimum atomic E-state index is -0.470. The van der Waals surface area contributed by atoms with E-state index in [0.717, 1.165) is 24.1 Å². The molecular formula is C19H30N2O4. The first-order chi connectivity index (χ1) is 11.7. The molecular weight excluding hydrogens is 320 g/mol. The van der Waals surface area contributed by atoms with Crippen LogP contribution in [0.3, 0.4) is 0 Å². The summed E-state index contributed by atoms with van der Waals surface area (Å²) < 4.78 is 16.7. The molecule has 0 saturated carbocycles. The van der Waals surface area contributed by atoms with Crippen molar-refractivity contribution in [3.63, 3.8) is 0 Å². The molecule has 25 heavy (non-hydrogen) atoms. The Labute approximate surface area is 150 Å². The lowest BCUT2D eigenvalue weighted by atomic mass is 10.0. The van der Waals surface area contributed by atoms with Crippen molar-refractivity contribution in [2.45, 2.75) is 71.8 Å². The maximum atomic E-state index is 12.3. The molecule has 6 nitrogen and oxygen atoms in total. The number of amides is 1. The molecule has 2 atom stereocenters. The highest BCUT2D eigenvalue weighted by Gasteiger charge is 2.32. The van der Waals surface area contributed by atoms with E-state index >= 15 is 0 Å². The van der Waals surface area contributed by atoms with Gasteiger partial charge in [-0.05, 0) is 59.1 Å². The molecule has 1 fully saturated rings. The van der Waals surface area contributed by atoms with E-state index in [4.69, 9.17) is 14.2 Å². The lowest BCUT2D eigenvalue weighted by Crippen LogP contribution is -2.48. The number of nitrogens with zero attached hydrogens (tertiary/aromatic N) is 2. The van der Waals surface area contributed by atoms with Crippen LogP contribution in [0.15, 0.2) is 12.1 Å². The van der Waals surface area contributed by atoms with Crippen LogP contribution in [0.25, 0.3) is 0 Å². The Balaban J connectivity index is 1.87. The van der Waals surface area contributed by atoms with Gasteiger partial charge in [0.1, 0.15) is 5.60 Å². The van der Waals surface area contributed by atoms with Gasteiger partial charge in [-0.3, -0.25) is 0 Å². The molecule has 1 aromatic rings. The van der Waals surface area contributed by atoms with Gasteiger partial charge in [0.25, 0.3) is 0 Å². The van der Waals surface area contributed by atoms with Gasteiger partial charge in [-0.15, -0.1) is 0 Å². The van der Waals surface area contributed by atoms with Crippen molar-refractivity contribution in [2.24, 2.45) is 0 Å². The summed E-state index contributed by atoms with van der Waals surface area (Å²) in [7, 11) is 1.61. The number of methoxy groups -OCH3 is 1. The lowest BCUT2D eigenvalue weighted by molar-refractivity contribution is -0.0330. The van der Waals surface area contributed by atoms with Crippen molar-refractivity contribution in [3.8, 4) is 5.88 Å². The zero-order valence-corrected chi connectivity index (χ0v) is 16.2. The van der Waals surface area contributed by atoms with Crippen LogP contribution >= 0.6 is 0 Å². The van der Waals surface area contributed by atoms with Gasteiger partial charge in [-0.25, -0.2) is 9.78 Å². The lowest BCUT2D eigenvalue weighted by Gasteiger charge is -2.38. The van der Waals surface area contributed by atoms with Crippen LogP contribution in [0.2, 0.25) is 0 Å². The average Bonchev–Trinajstić information content (AvgIpc) is 2.50. The number of hydrogen-bond donors (Lipinski definition) is 0. The van der Waals surface area contributed by atoms with E-state index in [9.17, 15) is 4.79 Å². The number of ether oxygens (including phenoxy) is 3. The van der Waals surface area contributed by atoms with Gasteiger partial charge in [0.15, 0.2) is 0 Å². The van der Waals surface area contributed by atoms with E-state index in [0.29, 0.717) is 19.0 Å². The Morgan fingerprint density at radius 2 is 2.08 bits per heavy atom. The first-order valence-corrected chi connectivity index (χ1v) is 8.80. The quantitative estimate of drug-likeness (QED) is 0.828. The molecule has 0 aromatic carbocycles. The summed E-state index contributed by atoms with van der Waals surface area (Å²) in [5, 5.41) is 0. The topological polar surface area (TPSA) is 60.9 Å². The van der Waals surface area contributed by atoms with Crippen molar-refractivity contribution in [2.75, 3.05) is 13.7 Å². The summed E-state index contributed by atoms with van der Waals surface area (Å²) in [5.41, 5.74) is 1.49. The molecule has 0 unspecified atom stereocenters. The highest BCUT2D eigenvalue weighted by Crippen LogP contribution is 2.23. The fourth-order valence-electron chi connectivity index (χ4n) is 2.98. The van der Waals surface area contributed by atoms with Crippen molar-refractivity contribution in [1.29, 1.82) is 0 Å². The van der Waals surface area contributed by atoms with E-state index in [1.807, 2.05) is 46.8 Å². The van der Waals surface area contributed by atoms with E-state index in [-0.39, 0.29) is 18.2 Å². The molecule has 1 saturated heterocycles. The summed E-state index contributed by atoms with van der Waals surface area (Å²) >= 11 is 0. The third kappa shape index (κ3) is 5.88. The van der Waals surface area contributed by atoms with E-state index < -0.39 is 5.60 Å². The van der Waals surface area contributed by atoms with Crippen LogP contribution in [0.1, 0.15) is 51.8 Å². The van der Waals surface area contributed by atoms with Gasteiger partial charge in [-0.2, -0.15) is 0 Å². The Hall–Kier alpha value is -1.82. The number of piperidine rings is 1. The molecule has 1 aliphatic heterocycles. The number of likely N-dealkylation sites (tertiary alicyclic amines) is 1. The van der Waals surface area contributed by atoms with Crippen molar-refractivity contribution >= 4 is 6.09 Å². The van der Waals surface area contributed by atoms with E-state index in [1.165, 1.54) is 0 Å². The fourth-order valence-corrected chi connectivity index (χ4v) is 2.98. The van der Waals surface area contributed by atoms with Crippen molar-refractivity contribution < 1.29 is 19.0 Å². The fraction of sp³-hybridized carbons (Fsp3) is 0.684. The maximum Gasteiger partial charge on any atom is 0.410 e. The van der Waals surface area contributed by atoms with Gasteiger partial charge >= 0.3 is 6.09 Å². The third-order valence-corrected chi connectivity index (χ3v) is 4.14. The maximum absolute atomic E-state index is 12.3. The summed E-state index contributed by atoms with van der Waals surface area (Å²) in [6.07, 6.45) is 1.51. The van der Waals surface area contributed by atoms with Gasteiger partial charge < -0.3 is 19.1 Å². The standard InChI is InChI=1S/C19H30N2O4/c1-13-9-15(11-17(20-13)23-6)12-24-16-7-8-21(14(2)10-16)18(22)25-19(3,4)5/h9,11,14,16H,7-8,10,12H2,1-6H3/t14-,16-/m0/s1. The normalized spacial score (nSPS) is 21.1. The summed E-state index contributed by atoms with van der Waals surface area (Å²) in [4.78, 5) is 18.3. The van der Waals surface area contributed by atoms with Crippen LogP contribution in [0.5, 0.6) is 5.88 Å². The van der Waals surface area contributed by atoms with Crippen LogP contribution in [-0.4, -0.2) is 47.4 Å². The predicted octanol–water partition coefficient (Wildman–Crippen LogP) is 3.70. The summed E-state index contributed by atoms with van der Waals surface area (Å²) in [6.45, 7) is 10.8. The molecule has 0 radical (unpaired) electrons. The molecule has 2 heterocycles. The zero-order chi connectivity index (χ0) is 18.6. The second kappa shape index (κ2) is 8.04. The average molecular weight is 350 g/mol. The molecule has 0 N–H and O–H groups in total. The van der Waals surface area contributed by atoms with Crippen LogP contribution in [0.4, 0.5) is 4.79 Å². The number of rotatable bonds is 4. The largest absolute Gasteiger partial charge is 0.481 e. The molecule has 6 heteroatoms. The number of pyridine rings is 1. The number of hydrogen-bond acceptors (Lipinski definition) is 5. The summed E-state index contributed by atoms with van der Waals surface area (Å²) in [5.74, 6) is 0.603. The monoisotopic (exact) mass is 350 g/mol. The molecule has 1 aliphatic rings. The highest BCUT2D eigenvalue weighted by molar-refractivity contribution is 5.68. The van der Waals surface area contributed by atoms with Crippen LogP contribution in [0, 0.1) is 6.92 Å². The Bertz CT molecular complexity index is 598. The molecule has 140 valence electrons. The van der Waals surface area contributed by atoms with Crippen LogP contribution < -0.4 is 4.74 Å². The highest BCUT2D eigenvalue weighted by atomic mass is 16.6. The minimum absolute atomic E-state index is 0.0994. The van der Waals surface area contributed by atoms with E-state index in [2.05, 4.69) is 4.98 Å². The molecule has 2 rings (SSSR count). The number of carbonyl (C=O) groups is 1. The van der Waals surface area contributed by atoms with Gasteiger partial charge in [0.05, 0.1) is 19.8 Å². The second-order valence-electron chi connectivity index (χ2n) is 7.64. The van der Waals surface area contributed by atoms with Crippen molar-refractivity contribution in [1.82, 2.24) is 9.88 Å². The Kier molecular flexibility index (Phi) is 6.27. The number of carbonyl (C=O) groups excluding carboxylic acids is 1. The van der Waals surface area contributed by atoms with Crippen LogP contribution in [-0.2, 0) is 16.1 Å². The Morgan fingerprint density at radius 1 is 1.36 bits per heavy atom. The first kappa shape index (κ1) is 19.5. The van der Waals surface area contributed by atoms with Gasteiger partial charge in [-0.1, -0.05) is 0 Å². The number of aromatic nitrogens is 1. The predicted molar refractivity (Wildman–Crippen MR) is 95.7 cm³/mol. The van der Waals surface area contributed by atoms with Crippen molar-refractivity contribution in [3.05, 3.63) is 23.4 Å². The summed E-state index contributed by atoms with van der Waals surface area (Å²) in [6, 6.07) is 4.00. The Morgan fingerprint density at radius 3 is 2.68 bits per heavy atom. The minimum Gasteiger partial charge on any atom is -0.481 e. The van der Waals surface area contributed by atoms with Gasteiger partial charge in [0, 0.05) is 24.3 Å². The first-order valence-electron chi connectivity index (χ1n) is 8.80. The molecule has 0 aliphatic carbocycles. The smallest absolute Gasteiger partial charge is 0.410 e. The third-order valence-electron chi connectivity index (χ3n) is 4.14. The second-order valence-corrected chi connectivity index (χ2v) is 7.64. The van der Waals surface area contributed by atoms with E-state index in [1.54, 1.807) is 12.0 Å². The zero-order valence-electron chi connectivity index (χ0n) is 16.2. The molecule has 0 bridgehead atoms.